The van der Waals surface area contributed by atoms with Gasteiger partial charge >= 0.3 is 0 Å². The second-order valence-electron chi connectivity index (χ2n) is 6.78. The van der Waals surface area contributed by atoms with Crippen LogP contribution in [0.2, 0.25) is 0 Å². The number of fused-ring (bicyclic) bond motifs is 1. The van der Waals surface area contributed by atoms with Crippen molar-refractivity contribution in [1.82, 2.24) is 4.90 Å². The Bertz CT molecular complexity index is 843. The van der Waals surface area contributed by atoms with Crippen LogP contribution in [0.1, 0.15) is 35.6 Å². The maximum Gasteiger partial charge on any atom is 0.247 e. The molecule has 4 heteroatoms. The molecule has 0 saturated carbocycles. The van der Waals surface area contributed by atoms with Gasteiger partial charge < -0.3 is 14.4 Å². The lowest BCUT2D eigenvalue weighted by Crippen LogP contribution is -2.29. The van der Waals surface area contributed by atoms with Crippen LogP contribution in [0.4, 0.5) is 0 Å². The number of benzene rings is 2. The van der Waals surface area contributed by atoms with E-state index in [1.165, 1.54) is 5.56 Å². The lowest BCUT2D eigenvalue weighted by atomic mass is 10.0. The molecule has 0 aliphatic carbocycles. The summed E-state index contributed by atoms with van der Waals surface area (Å²) in [5.41, 5.74) is 3.36. The molecule has 2 aliphatic rings. The summed E-state index contributed by atoms with van der Waals surface area (Å²) in [5, 5.41) is 0. The molecule has 1 fully saturated rings. The monoisotopic (exact) mass is 349 g/mol. The van der Waals surface area contributed by atoms with Gasteiger partial charge in [0.05, 0.1) is 6.04 Å². The molecular weight excluding hydrogens is 326 g/mol. The summed E-state index contributed by atoms with van der Waals surface area (Å²) in [6.07, 6.45) is 5.60. The van der Waals surface area contributed by atoms with Crippen molar-refractivity contribution in [2.45, 2.75) is 25.8 Å². The van der Waals surface area contributed by atoms with Gasteiger partial charge in [0.25, 0.3) is 0 Å². The van der Waals surface area contributed by atoms with E-state index in [1.54, 1.807) is 6.08 Å². The van der Waals surface area contributed by atoms with E-state index >= 15 is 0 Å². The van der Waals surface area contributed by atoms with E-state index < -0.39 is 0 Å². The van der Waals surface area contributed by atoms with Crippen LogP contribution in [-0.2, 0) is 4.79 Å². The molecule has 0 radical (unpaired) electrons. The number of ether oxygens (including phenoxy) is 2. The first-order chi connectivity index (χ1) is 12.7. The van der Waals surface area contributed by atoms with E-state index in [9.17, 15) is 4.79 Å². The fraction of sp³-hybridized carbons (Fsp3) is 0.318. The number of hydrogen-bond donors (Lipinski definition) is 0. The van der Waals surface area contributed by atoms with Gasteiger partial charge in [-0.1, -0.05) is 30.3 Å². The van der Waals surface area contributed by atoms with Crippen molar-refractivity contribution in [2.24, 2.45) is 0 Å². The van der Waals surface area contributed by atoms with Crippen LogP contribution in [0, 0.1) is 6.92 Å². The number of rotatable bonds is 3. The maximum absolute atomic E-state index is 12.8. The summed E-state index contributed by atoms with van der Waals surface area (Å²) in [4.78, 5) is 14.7. The minimum atomic E-state index is 0.0608. The highest BCUT2D eigenvalue weighted by molar-refractivity contribution is 5.92. The van der Waals surface area contributed by atoms with Gasteiger partial charge in [-0.3, -0.25) is 4.79 Å². The summed E-state index contributed by atoms with van der Waals surface area (Å²) < 4.78 is 11.3. The minimum Gasteiger partial charge on any atom is -0.486 e. The Morgan fingerprint density at radius 1 is 1.12 bits per heavy atom. The van der Waals surface area contributed by atoms with Gasteiger partial charge in [-0.05, 0) is 54.7 Å². The Hall–Kier alpha value is -2.75. The van der Waals surface area contributed by atoms with E-state index in [-0.39, 0.29) is 11.9 Å². The lowest BCUT2D eigenvalue weighted by molar-refractivity contribution is -0.126. The Morgan fingerprint density at radius 2 is 1.92 bits per heavy atom. The van der Waals surface area contributed by atoms with E-state index in [4.69, 9.17) is 9.47 Å². The summed E-state index contributed by atoms with van der Waals surface area (Å²) in [6, 6.07) is 14.2. The fourth-order valence-corrected chi connectivity index (χ4v) is 3.67. The van der Waals surface area contributed by atoms with Gasteiger partial charge in [0, 0.05) is 12.6 Å². The van der Waals surface area contributed by atoms with Crippen molar-refractivity contribution < 1.29 is 14.3 Å². The quantitative estimate of drug-likeness (QED) is 0.782. The lowest BCUT2D eigenvalue weighted by Gasteiger charge is -2.26. The topological polar surface area (TPSA) is 38.8 Å². The van der Waals surface area contributed by atoms with Crippen LogP contribution < -0.4 is 9.47 Å². The fourth-order valence-electron chi connectivity index (χ4n) is 3.67. The van der Waals surface area contributed by atoms with Gasteiger partial charge in [0.2, 0.25) is 5.91 Å². The number of carbonyl (C=O) groups is 1. The van der Waals surface area contributed by atoms with Crippen molar-refractivity contribution in [2.75, 3.05) is 19.8 Å². The van der Waals surface area contributed by atoms with Crippen LogP contribution in [0.25, 0.3) is 6.08 Å². The second kappa shape index (κ2) is 7.24. The van der Waals surface area contributed by atoms with Crippen molar-refractivity contribution >= 4 is 12.0 Å². The molecule has 134 valence electrons. The summed E-state index contributed by atoms with van der Waals surface area (Å²) >= 11 is 0. The average molecular weight is 349 g/mol. The standard InChI is InChI=1S/C22H23NO3/c1-16-5-2-3-6-17(16)9-11-22(24)23-12-4-7-19(23)18-8-10-20-21(15-18)26-14-13-25-20/h2-3,5-6,8-11,15,19H,4,7,12-14H2,1H3. The van der Waals surface area contributed by atoms with Crippen LogP contribution in [0.5, 0.6) is 11.5 Å². The number of hydrogen-bond acceptors (Lipinski definition) is 3. The molecule has 1 amide bonds. The third-order valence-electron chi connectivity index (χ3n) is 5.08. The second-order valence-corrected chi connectivity index (χ2v) is 6.78. The van der Waals surface area contributed by atoms with Crippen molar-refractivity contribution in [3.8, 4) is 11.5 Å². The van der Waals surface area contributed by atoms with Crippen molar-refractivity contribution in [3.63, 3.8) is 0 Å². The van der Waals surface area contributed by atoms with E-state index in [0.717, 1.165) is 42.0 Å². The van der Waals surface area contributed by atoms with Crippen LogP contribution in [0.3, 0.4) is 0 Å². The van der Waals surface area contributed by atoms with E-state index in [1.807, 2.05) is 41.3 Å². The smallest absolute Gasteiger partial charge is 0.247 e. The normalized spacial score (nSPS) is 19.1. The van der Waals surface area contributed by atoms with Crippen LogP contribution in [-0.4, -0.2) is 30.6 Å². The highest BCUT2D eigenvalue weighted by Crippen LogP contribution is 2.38. The molecule has 4 nitrogen and oxygen atoms in total. The van der Waals surface area contributed by atoms with Gasteiger partial charge in [0.15, 0.2) is 11.5 Å². The molecular formula is C22H23NO3. The molecule has 2 aromatic rings. The van der Waals surface area contributed by atoms with Gasteiger partial charge in [-0.2, -0.15) is 0 Å². The number of amides is 1. The predicted octanol–water partition coefficient (Wildman–Crippen LogP) is 4.14. The van der Waals surface area contributed by atoms with Crippen molar-refractivity contribution in [1.29, 1.82) is 0 Å². The highest BCUT2D eigenvalue weighted by atomic mass is 16.6. The third kappa shape index (κ3) is 3.32. The Kier molecular flexibility index (Phi) is 4.65. The van der Waals surface area contributed by atoms with Crippen LogP contribution >= 0.6 is 0 Å². The predicted molar refractivity (Wildman–Crippen MR) is 101 cm³/mol. The van der Waals surface area contributed by atoms with Gasteiger partial charge in [-0.15, -0.1) is 0 Å². The molecule has 0 spiro atoms. The SMILES string of the molecule is Cc1ccccc1C=CC(=O)N1CCCC1c1ccc2c(c1)OCCO2. The first-order valence-corrected chi connectivity index (χ1v) is 9.16. The first kappa shape index (κ1) is 16.7. The summed E-state index contributed by atoms with van der Waals surface area (Å²) in [6.45, 7) is 4.00. The number of likely N-dealkylation sites (tertiary alicyclic amines) is 1. The summed E-state index contributed by atoms with van der Waals surface area (Å²) in [5.74, 6) is 1.63. The molecule has 0 bridgehead atoms. The number of nitrogens with zero attached hydrogens (tertiary/aromatic N) is 1. The zero-order chi connectivity index (χ0) is 17.9. The number of aryl methyl sites for hydroxylation is 1. The average Bonchev–Trinajstić information content (AvgIpc) is 3.17. The molecule has 1 saturated heterocycles. The molecule has 4 rings (SSSR count). The van der Waals surface area contributed by atoms with Crippen molar-refractivity contribution in [3.05, 3.63) is 65.2 Å². The molecule has 2 heterocycles. The van der Waals surface area contributed by atoms with Gasteiger partial charge in [-0.25, -0.2) is 0 Å². The summed E-state index contributed by atoms with van der Waals surface area (Å²) in [7, 11) is 0. The highest BCUT2D eigenvalue weighted by Gasteiger charge is 2.29. The largest absolute Gasteiger partial charge is 0.486 e. The molecule has 1 atom stereocenters. The molecule has 0 N–H and O–H groups in total. The van der Waals surface area contributed by atoms with E-state index in [0.29, 0.717) is 13.2 Å². The Morgan fingerprint density at radius 3 is 2.77 bits per heavy atom. The molecule has 0 aromatic heterocycles. The molecule has 2 aromatic carbocycles. The molecule has 26 heavy (non-hydrogen) atoms. The van der Waals surface area contributed by atoms with E-state index in [2.05, 4.69) is 19.1 Å². The molecule has 1 unspecified atom stereocenters. The number of carbonyl (C=O) groups excluding carboxylic acids is 1. The Balaban J connectivity index is 1.53. The maximum atomic E-state index is 12.8. The Labute approximate surface area is 154 Å². The van der Waals surface area contributed by atoms with Crippen LogP contribution in [0.15, 0.2) is 48.5 Å². The van der Waals surface area contributed by atoms with Gasteiger partial charge in [0.1, 0.15) is 13.2 Å². The molecule has 2 aliphatic heterocycles. The zero-order valence-electron chi connectivity index (χ0n) is 15.0. The first-order valence-electron chi connectivity index (χ1n) is 9.16. The third-order valence-corrected chi connectivity index (χ3v) is 5.08. The zero-order valence-corrected chi connectivity index (χ0v) is 15.0. The minimum absolute atomic E-state index is 0.0608.